The normalized spacial score (nSPS) is 16.5. The fourth-order valence-electron chi connectivity index (χ4n) is 4.12. The van der Waals surface area contributed by atoms with E-state index in [1.807, 2.05) is 30.3 Å². The Balaban J connectivity index is 1.22. The van der Waals surface area contributed by atoms with Gasteiger partial charge in [-0.3, -0.25) is 9.69 Å². The predicted octanol–water partition coefficient (Wildman–Crippen LogP) is 4.36. The highest BCUT2D eigenvalue weighted by Crippen LogP contribution is 2.21. The van der Waals surface area contributed by atoms with Crippen LogP contribution in [0.15, 0.2) is 53.1 Å². The molecule has 2 aromatic carbocycles. The number of nitrogens with one attached hydrogen (secondary N) is 1. The van der Waals surface area contributed by atoms with Crippen molar-refractivity contribution in [2.45, 2.75) is 32.2 Å². The first-order chi connectivity index (χ1) is 16.1. The van der Waals surface area contributed by atoms with E-state index in [-0.39, 0.29) is 11.8 Å². The quantitative estimate of drug-likeness (QED) is 0.470. The number of likely N-dealkylation sites (tertiary alicyclic amines) is 1. The molecule has 0 aliphatic carbocycles. The van der Waals surface area contributed by atoms with Gasteiger partial charge in [0.1, 0.15) is 5.75 Å². The standard InChI is InChI=1S/C25H29ClN4O3/c1-32-22-8-2-5-18(15-22)6-3-13-27-25(31)20-7-4-14-30(16-20)17-23-28-24(29-33-23)19-9-11-21(26)12-10-19/h2,5,8-12,15,20H,3-4,6-7,13-14,16-17H2,1H3,(H,27,31). The summed E-state index contributed by atoms with van der Waals surface area (Å²) in [6.45, 7) is 2.82. The molecular formula is C25H29ClN4O3. The van der Waals surface area contributed by atoms with E-state index >= 15 is 0 Å². The number of amides is 1. The van der Waals surface area contributed by atoms with Crippen molar-refractivity contribution < 1.29 is 14.1 Å². The van der Waals surface area contributed by atoms with Crippen molar-refractivity contribution in [2.75, 3.05) is 26.7 Å². The molecule has 1 atom stereocenters. The molecule has 0 spiro atoms. The molecule has 3 aromatic rings. The molecule has 2 heterocycles. The number of halogens is 1. The number of rotatable bonds is 9. The summed E-state index contributed by atoms with van der Waals surface area (Å²) in [7, 11) is 1.67. The lowest BCUT2D eigenvalue weighted by molar-refractivity contribution is -0.126. The van der Waals surface area contributed by atoms with Gasteiger partial charge in [0.15, 0.2) is 0 Å². The number of hydrogen-bond acceptors (Lipinski definition) is 6. The van der Waals surface area contributed by atoms with Gasteiger partial charge < -0.3 is 14.6 Å². The van der Waals surface area contributed by atoms with Crippen LogP contribution < -0.4 is 10.1 Å². The van der Waals surface area contributed by atoms with E-state index in [1.165, 1.54) is 5.56 Å². The summed E-state index contributed by atoms with van der Waals surface area (Å²) in [5, 5.41) is 7.85. The Labute approximate surface area is 199 Å². The number of benzene rings is 2. The average molecular weight is 469 g/mol. The predicted molar refractivity (Wildman–Crippen MR) is 127 cm³/mol. The van der Waals surface area contributed by atoms with E-state index in [1.54, 1.807) is 19.2 Å². The molecule has 1 aliphatic heterocycles. The van der Waals surface area contributed by atoms with Crippen LogP contribution in [0.5, 0.6) is 5.75 Å². The Bertz CT molecular complexity index is 1050. The van der Waals surface area contributed by atoms with Crippen molar-refractivity contribution >= 4 is 17.5 Å². The van der Waals surface area contributed by atoms with Crippen molar-refractivity contribution in [3.63, 3.8) is 0 Å². The van der Waals surface area contributed by atoms with Gasteiger partial charge in [-0.05, 0) is 74.2 Å². The number of aromatic nitrogens is 2. The first kappa shape index (κ1) is 23.3. The van der Waals surface area contributed by atoms with Crippen LogP contribution in [0.3, 0.4) is 0 Å². The maximum absolute atomic E-state index is 12.7. The Morgan fingerprint density at radius 2 is 2.12 bits per heavy atom. The molecule has 174 valence electrons. The number of hydrogen-bond donors (Lipinski definition) is 1. The van der Waals surface area contributed by atoms with Gasteiger partial charge in [0, 0.05) is 23.7 Å². The highest BCUT2D eigenvalue weighted by Gasteiger charge is 2.26. The minimum Gasteiger partial charge on any atom is -0.497 e. The van der Waals surface area contributed by atoms with Crippen molar-refractivity contribution in [2.24, 2.45) is 5.92 Å². The van der Waals surface area contributed by atoms with Crippen molar-refractivity contribution in [1.29, 1.82) is 0 Å². The van der Waals surface area contributed by atoms with Crippen molar-refractivity contribution in [3.05, 3.63) is 65.0 Å². The molecule has 0 saturated carbocycles. The molecule has 33 heavy (non-hydrogen) atoms. The van der Waals surface area contributed by atoms with E-state index in [9.17, 15) is 4.79 Å². The van der Waals surface area contributed by atoms with Crippen molar-refractivity contribution in [3.8, 4) is 17.1 Å². The molecule has 0 radical (unpaired) electrons. The highest BCUT2D eigenvalue weighted by atomic mass is 35.5. The molecule has 0 bridgehead atoms. The second-order valence-corrected chi connectivity index (χ2v) is 8.78. The molecule has 8 heteroatoms. The number of carbonyl (C=O) groups excluding carboxylic acids is 1. The maximum Gasteiger partial charge on any atom is 0.241 e. The molecule has 1 aromatic heterocycles. The first-order valence-corrected chi connectivity index (χ1v) is 11.7. The molecule has 7 nitrogen and oxygen atoms in total. The Morgan fingerprint density at radius 3 is 2.94 bits per heavy atom. The molecular weight excluding hydrogens is 440 g/mol. The van der Waals surface area contributed by atoms with Crippen LogP contribution in [0, 0.1) is 5.92 Å². The third-order valence-corrected chi connectivity index (χ3v) is 6.13. The Kier molecular flexibility index (Phi) is 7.96. The molecule has 4 rings (SSSR count). The zero-order valence-corrected chi connectivity index (χ0v) is 19.6. The third kappa shape index (κ3) is 6.55. The largest absolute Gasteiger partial charge is 0.497 e. The average Bonchev–Trinajstić information content (AvgIpc) is 3.31. The number of ether oxygens (including phenoxy) is 1. The van der Waals surface area contributed by atoms with E-state index in [0.717, 1.165) is 43.5 Å². The summed E-state index contributed by atoms with van der Waals surface area (Å²) in [5.41, 5.74) is 2.07. The summed E-state index contributed by atoms with van der Waals surface area (Å²) < 4.78 is 10.7. The maximum atomic E-state index is 12.7. The third-order valence-electron chi connectivity index (χ3n) is 5.88. The summed E-state index contributed by atoms with van der Waals surface area (Å²) in [5.74, 6) is 2.07. The lowest BCUT2D eigenvalue weighted by Gasteiger charge is -2.30. The van der Waals surface area contributed by atoms with Gasteiger partial charge in [0.2, 0.25) is 17.6 Å². The van der Waals surface area contributed by atoms with Gasteiger partial charge >= 0.3 is 0 Å². The summed E-state index contributed by atoms with van der Waals surface area (Å²) in [4.78, 5) is 19.4. The Morgan fingerprint density at radius 1 is 1.27 bits per heavy atom. The molecule has 1 unspecified atom stereocenters. The van der Waals surface area contributed by atoms with Gasteiger partial charge in [0.25, 0.3) is 0 Å². The van der Waals surface area contributed by atoms with Crippen LogP contribution >= 0.6 is 11.6 Å². The zero-order chi connectivity index (χ0) is 23.0. The minimum atomic E-state index is -0.0192. The molecule has 1 fully saturated rings. The Hall–Kier alpha value is -2.90. The summed E-state index contributed by atoms with van der Waals surface area (Å²) >= 11 is 5.94. The van der Waals surface area contributed by atoms with Crippen LogP contribution in [0.1, 0.15) is 30.7 Å². The van der Waals surface area contributed by atoms with E-state index < -0.39 is 0 Å². The van der Waals surface area contributed by atoms with Crippen molar-refractivity contribution in [1.82, 2.24) is 20.4 Å². The lowest BCUT2D eigenvalue weighted by Crippen LogP contribution is -2.43. The smallest absolute Gasteiger partial charge is 0.241 e. The zero-order valence-electron chi connectivity index (χ0n) is 18.8. The summed E-state index contributed by atoms with van der Waals surface area (Å²) in [6, 6.07) is 15.4. The van der Waals surface area contributed by atoms with Crippen LogP contribution in [0.25, 0.3) is 11.4 Å². The first-order valence-electron chi connectivity index (χ1n) is 11.3. The van der Waals surface area contributed by atoms with Crippen LogP contribution in [0.4, 0.5) is 0 Å². The monoisotopic (exact) mass is 468 g/mol. The van der Waals surface area contributed by atoms with Gasteiger partial charge in [-0.2, -0.15) is 4.98 Å². The van der Waals surface area contributed by atoms with E-state index in [0.29, 0.717) is 36.4 Å². The molecule has 1 saturated heterocycles. The van der Waals surface area contributed by atoms with Gasteiger partial charge in [0.05, 0.1) is 19.6 Å². The number of piperidine rings is 1. The summed E-state index contributed by atoms with van der Waals surface area (Å²) in [6.07, 6.45) is 3.67. The van der Waals surface area contributed by atoms with Gasteiger partial charge in [-0.1, -0.05) is 28.9 Å². The van der Waals surface area contributed by atoms with E-state index in [4.69, 9.17) is 20.9 Å². The SMILES string of the molecule is COc1cccc(CCCNC(=O)C2CCCN(Cc3nc(-c4ccc(Cl)cc4)no3)C2)c1. The fourth-order valence-corrected chi connectivity index (χ4v) is 4.24. The number of carbonyl (C=O) groups is 1. The second kappa shape index (κ2) is 11.3. The highest BCUT2D eigenvalue weighted by molar-refractivity contribution is 6.30. The number of aryl methyl sites for hydroxylation is 1. The van der Waals surface area contributed by atoms with Gasteiger partial charge in [-0.25, -0.2) is 0 Å². The van der Waals surface area contributed by atoms with E-state index in [2.05, 4.69) is 26.4 Å². The molecule has 1 aliphatic rings. The van der Waals surface area contributed by atoms with Crippen LogP contribution in [-0.4, -0.2) is 47.7 Å². The minimum absolute atomic E-state index is 0.0192. The van der Waals surface area contributed by atoms with Gasteiger partial charge in [-0.15, -0.1) is 0 Å². The molecule has 1 N–H and O–H groups in total. The fraction of sp³-hybridized carbons (Fsp3) is 0.400. The number of nitrogens with zero attached hydrogens (tertiary/aromatic N) is 3. The van der Waals surface area contributed by atoms with Crippen LogP contribution in [0.2, 0.25) is 5.02 Å². The van der Waals surface area contributed by atoms with Crippen LogP contribution in [-0.2, 0) is 17.8 Å². The second-order valence-electron chi connectivity index (χ2n) is 8.34. The topological polar surface area (TPSA) is 80.5 Å². The lowest BCUT2D eigenvalue weighted by atomic mass is 9.97. The number of methoxy groups -OCH3 is 1. The molecule has 1 amide bonds.